The molecule has 3 N–H and O–H groups in total. The number of nitrogens with one attached hydrogen (secondary N) is 1. The third kappa shape index (κ3) is 3.55. The van der Waals surface area contributed by atoms with E-state index < -0.39 is 22.5 Å². The summed E-state index contributed by atoms with van der Waals surface area (Å²) in [5, 5.41) is 31.5. The first kappa shape index (κ1) is 16.2. The van der Waals surface area contributed by atoms with Gasteiger partial charge < -0.3 is 15.5 Å². The van der Waals surface area contributed by atoms with Crippen LogP contribution in [0, 0.1) is 10.1 Å². The molecule has 0 aliphatic heterocycles. The zero-order chi connectivity index (χ0) is 17.1. The van der Waals surface area contributed by atoms with E-state index in [4.69, 9.17) is 16.7 Å². The number of carbonyl (C=O) groups is 2. The molecule has 0 aliphatic rings. The van der Waals surface area contributed by atoms with Crippen LogP contribution in [0.15, 0.2) is 36.4 Å². The average Bonchev–Trinajstić information content (AvgIpc) is 2.46. The van der Waals surface area contributed by atoms with Gasteiger partial charge in [-0.15, -0.1) is 0 Å². The van der Waals surface area contributed by atoms with Gasteiger partial charge in [-0.25, -0.2) is 4.79 Å². The van der Waals surface area contributed by atoms with Crippen molar-refractivity contribution >= 4 is 34.9 Å². The second-order valence-electron chi connectivity index (χ2n) is 4.41. The number of hydrogen-bond donors (Lipinski definition) is 3. The number of hydrogen-bond acceptors (Lipinski definition) is 5. The quantitative estimate of drug-likeness (QED) is 0.581. The van der Waals surface area contributed by atoms with Crippen LogP contribution in [0.1, 0.15) is 20.7 Å². The molecule has 0 fully saturated rings. The van der Waals surface area contributed by atoms with Crippen molar-refractivity contribution in [2.75, 3.05) is 5.32 Å². The second kappa shape index (κ2) is 6.32. The molecule has 0 saturated heterocycles. The Morgan fingerprint density at radius 3 is 2.39 bits per heavy atom. The van der Waals surface area contributed by atoms with E-state index >= 15 is 0 Å². The Balaban J connectivity index is 2.29. The van der Waals surface area contributed by atoms with E-state index in [1.807, 2.05) is 0 Å². The summed E-state index contributed by atoms with van der Waals surface area (Å²) >= 11 is 5.85. The molecule has 2 aromatic carbocycles. The van der Waals surface area contributed by atoms with Gasteiger partial charge in [-0.05, 0) is 18.2 Å². The fourth-order valence-electron chi connectivity index (χ4n) is 1.79. The Bertz CT molecular complexity index is 821. The third-order valence-corrected chi connectivity index (χ3v) is 3.22. The molecule has 9 heteroatoms. The zero-order valence-corrected chi connectivity index (χ0v) is 12.1. The van der Waals surface area contributed by atoms with Gasteiger partial charge in [0.25, 0.3) is 11.6 Å². The van der Waals surface area contributed by atoms with Crippen molar-refractivity contribution in [3.05, 3.63) is 62.7 Å². The number of carboxylic acid groups (broad SMARTS) is 1. The number of halogens is 1. The summed E-state index contributed by atoms with van der Waals surface area (Å²) < 4.78 is 0. The molecule has 0 aliphatic carbocycles. The average molecular weight is 337 g/mol. The molecule has 0 radical (unpaired) electrons. The van der Waals surface area contributed by atoms with E-state index in [0.29, 0.717) is 0 Å². The number of carbonyl (C=O) groups excluding carboxylic acids is 1. The number of benzene rings is 2. The van der Waals surface area contributed by atoms with Gasteiger partial charge in [0.1, 0.15) is 11.3 Å². The fourth-order valence-corrected chi connectivity index (χ4v) is 1.99. The normalized spacial score (nSPS) is 10.1. The van der Waals surface area contributed by atoms with Crippen LogP contribution >= 0.6 is 11.6 Å². The van der Waals surface area contributed by atoms with Crippen molar-refractivity contribution in [1.82, 2.24) is 0 Å². The van der Waals surface area contributed by atoms with Gasteiger partial charge in [0, 0.05) is 23.9 Å². The number of non-ortho nitro benzene ring substituents is 1. The maximum Gasteiger partial charge on any atom is 0.339 e. The molecular weight excluding hydrogens is 328 g/mol. The van der Waals surface area contributed by atoms with E-state index in [2.05, 4.69) is 5.32 Å². The highest BCUT2D eigenvalue weighted by atomic mass is 35.5. The van der Waals surface area contributed by atoms with Gasteiger partial charge in [-0.1, -0.05) is 11.6 Å². The fraction of sp³-hybridized carbons (Fsp3) is 0. The molecule has 0 atom stereocenters. The van der Waals surface area contributed by atoms with Gasteiger partial charge >= 0.3 is 5.97 Å². The summed E-state index contributed by atoms with van der Waals surface area (Å²) in [6, 6.07) is 6.83. The summed E-state index contributed by atoms with van der Waals surface area (Å²) in [6.07, 6.45) is 0. The summed E-state index contributed by atoms with van der Waals surface area (Å²) in [7, 11) is 0. The predicted molar refractivity (Wildman–Crippen MR) is 81.1 cm³/mol. The summed E-state index contributed by atoms with van der Waals surface area (Å²) in [5.41, 5.74) is -0.636. The SMILES string of the molecule is O=C(O)c1ccc(NC(=O)c2cc([N+](=O)[O-])ccc2Cl)cc1O. The van der Waals surface area contributed by atoms with Crippen LogP contribution in [0.3, 0.4) is 0 Å². The van der Waals surface area contributed by atoms with Crippen LogP contribution in [-0.2, 0) is 0 Å². The van der Waals surface area contributed by atoms with Crippen LogP contribution in [-0.4, -0.2) is 27.0 Å². The molecular formula is C14H9ClN2O6. The van der Waals surface area contributed by atoms with Gasteiger partial charge in [-0.3, -0.25) is 14.9 Å². The molecule has 23 heavy (non-hydrogen) atoms. The Morgan fingerprint density at radius 1 is 1.13 bits per heavy atom. The molecule has 0 saturated carbocycles. The maximum atomic E-state index is 12.1. The molecule has 8 nitrogen and oxygen atoms in total. The van der Waals surface area contributed by atoms with Gasteiger partial charge in [0.2, 0.25) is 0 Å². The Kier molecular flexibility index (Phi) is 4.47. The van der Waals surface area contributed by atoms with E-state index in [0.717, 1.165) is 24.3 Å². The lowest BCUT2D eigenvalue weighted by atomic mass is 10.1. The first-order chi connectivity index (χ1) is 10.8. The number of nitro groups is 1. The molecule has 2 rings (SSSR count). The van der Waals surface area contributed by atoms with Crippen molar-refractivity contribution in [3.8, 4) is 5.75 Å². The largest absolute Gasteiger partial charge is 0.507 e. The number of carboxylic acids is 1. The number of nitrogens with zero attached hydrogens (tertiary/aromatic N) is 1. The van der Waals surface area contributed by atoms with Gasteiger partial charge in [-0.2, -0.15) is 0 Å². The molecule has 0 heterocycles. The van der Waals surface area contributed by atoms with Crippen molar-refractivity contribution in [2.45, 2.75) is 0 Å². The Labute approximate surface area is 134 Å². The maximum absolute atomic E-state index is 12.1. The minimum Gasteiger partial charge on any atom is -0.507 e. The number of anilines is 1. The highest BCUT2D eigenvalue weighted by molar-refractivity contribution is 6.34. The molecule has 0 bridgehead atoms. The van der Waals surface area contributed by atoms with Crippen molar-refractivity contribution in [3.63, 3.8) is 0 Å². The number of amides is 1. The monoisotopic (exact) mass is 336 g/mol. The topological polar surface area (TPSA) is 130 Å². The standard InChI is InChI=1S/C14H9ClN2O6/c15-11-4-2-8(17(22)23)6-10(11)13(19)16-7-1-3-9(14(20)21)12(18)5-7/h1-6,18H,(H,16,19)(H,20,21). The van der Waals surface area contributed by atoms with Gasteiger partial charge in [0.05, 0.1) is 15.5 Å². The lowest BCUT2D eigenvalue weighted by Gasteiger charge is -2.08. The highest BCUT2D eigenvalue weighted by Gasteiger charge is 2.17. The number of rotatable bonds is 4. The van der Waals surface area contributed by atoms with Crippen molar-refractivity contribution in [1.29, 1.82) is 0 Å². The van der Waals surface area contributed by atoms with E-state index in [1.165, 1.54) is 12.1 Å². The smallest absolute Gasteiger partial charge is 0.339 e. The van der Waals surface area contributed by atoms with Crippen LogP contribution in [0.2, 0.25) is 5.02 Å². The lowest BCUT2D eigenvalue weighted by Crippen LogP contribution is -2.13. The van der Waals surface area contributed by atoms with Crippen LogP contribution < -0.4 is 5.32 Å². The van der Waals surface area contributed by atoms with E-state index in [9.17, 15) is 24.8 Å². The Morgan fingerprint density at radius 2 is 1.83 bits per heavy atom. The molecule has 0 spiro atoms. The molecule has 0 aromatic heterocycles. The van der Waals surface area contributed by atoms with E-state index in [-0.39, 0.29) is 27.5 Å². The first-order valence-electron chi connectivity index (χ1n) is 6.11. The second-order valence-corrected chi connectivity index (χ2v) is 4.82. The minimum atomic E-state index is -1.32. The summed E-state index contributed by atoms with van der Waals surface area (Å²) in [4.78, 5) is 33.0. The molecule has 1 amide bonds. The predicted octanol–water partition coefficient (Wildman–Crippen LogP) is 2.90. The Hall–Kier alpha value is -3.13. The van der Waals surface area contributed by atoms with Crippen LogP contribution in [0.25, 0.3) is 0 Å². The summed E-state index contributed by atoms with van der Waals surface area (Å²) in [6.45, 7) is 0. The van der Waals surface area contributed by atoms with Crippen molar-refractivity contribution < 1.29 is 24.7 Å². The summed E-state index contributed by atoms with van der Waals surface area (Å²) in [5.74, 6) is -2.58. The van der Waals surface area contributed by atoms with Gasteiger partial charge in [0.15, 0.2) is 0 Å². The molecule has 0 unspecified atom stereocenters. The van der Waals surface area contributed by atoms with Crippen molar-refractivity contribution in [2.24, 2.45) is 0 Å². The zero-order valence-electron chi connectivity index (χ0n) is 11.3. The van der Waals surface area contributed by atoms with E-state index in [1.54, 1.807) is 0 Å². The number of phenols is 1. The minimum absolute atomic E-state index is 0.0134. The number of aromatic hydroxyl groups is 1. The third-order valence-electron chi connectivity index (χ3n) is 2.89. The number of nitro benzene ring substituents is 1. The molecule has 118 valence electrons. The number of aromatic carboxylic acids is 1. The lowest BCUT2D eigenvalue weighted by molar-refractivity contribution is -0.384. The highest BCUT2D eigenvalue weighted by Crippen LogP contribution is 2.25. The first-order valence-corrected chi connectivity index (χ1v) is 6.49. The van der Waals surface area contributed by atoms with Crippen LogP contribution in [0.4, 0.5) is 11.4 Å². The molecule has 2 aromatic rings. The van der Waals surface area contributed by atoms with Crippen LogP contribution in [0.5, 0.6) is 5.75 Å².